The Labute approximate surface area is 90.5 Å². The van der Waals surface area contributed by atoms with Gasteiger partial charge in [-0.3, -0.25) is 0 Å². The van der Waals surface area contributed by atoms with Crippen LogP contribution in [0.3, 0.4) is 0 Å². The van der Waals surface area contributed by atoms with Gasteiger partial charge >= 0.3 is 18.0 Å². The third-order valence-corrected chi connectivity index (χ3v) is 2.06. The van der Waals surface area contributed by atoms with Crippen molar-refractivity contribution in [2.24, 2.45) is 0 Å². The maximum atomic E-state index is 13.4. The van der Waals surface area contributed by atoms with Gasteiger partial charge in [-0.2, -0.15) is 26.3 Å². The van der Waals surface area contributed by atoms with Crippen molar-refractivity contribution < 1.29 is 35.8 Å². The molecule has 0 bridgehead atoms. The predicted octanol–water partition coefficient (Wildman–Crippen LogP) is 3.68. The molecule has 96 valence electrons. The summed E-state index contributed by atoms with van der Waals surface area (Å²) in [5.74, 6) is -1.41. The van der Waals surface area contributed by atoms with E-state index < -0.39 is 29.3 Å². The zero-order valence-corrected chi connectivity index (χ0v) is 7.90. The van der Waals surface area contributed by atoms with E-state index in [-0.39, 0.29) is 6.07 Å². The number of alkyl halides is 7. The Morgan fingerprint density at radius 3 is 1.53 bits per heavy atom. The van der Waals surface area contributed by atoms with Crippen LogP contribution in [0.25, 0.3) is 0 Å². The van der Waals surface area contributed by atoms with E-state index in [2.05, 4.69) is 0 Å². The number of aromatic hydroxyl groups is 1. The fourth-order valence-corrected chi connectivity index (χ4v) is 1.23. The second kappa shape index (κ2) is 3.78. The number of hydrogen-bond acceptors (Lipinski definition) is 1. The van der Waals surface area contributed by atoms with Crippen molar-refractivity contribution in [3.8, 4) is 5.75 Å². The highest BCUT2D eigenvalue weighted by atomic mass is 19.4. The topological polar surface area (TPSA) is 20.2 Å². The van der Waals surface area contributed by atoms with Crippen LogP contribution < -0.4 is 0 Å². The van der Waals surface area contributed by atoms with Gasteiger partial charge in [0, 0.05) is 5.56 Å². The van der Waals surface area contributed by atoms with E-state index in [0.29, 0.717) is 6.07 Å². The predicted molar refractivity (Wildman–Crippen MR) is 43.0 cm³/mol. The highest BCUT2D eigenvalue weighted by molar-refractivity contribution is 5.39. The second-order valence-corrected chi connectivity index (χ2v) is 3.17. The summed E-state index contributed by atoms with van der Waals surface area (Å²) in [7, 11) is 0. The van der Waals surface area contributed by atoms with Crippen LogP contribution in [0.2, 0.25) is 0 Å². The van der Waals surface area contributed by atoms with Crippen molar-refractivity contribution in [2.75, 3.05) is 0 Å². The molecule has 0 saturated carbocycles. The van der Waals surface area contributed by atoms with Crippen molar-refractivity contribution >= 4 is 0 Å². The van der Waals surface area contributed by atoms with Crippen molar-refractivity contribution in [1.82, 2.24) is 0 Å². The van der Waals surface area contributed by atoms with Gasteiger partial charge in [-0.1, -0.05) is 18.2 Å². The zero-order valence-electron chi connectivity index (χ0n) is 7.90. The molecule has 0 atom stereocenters. The first-order valence-electron chi connectivity index (χ1n) is 4.12. The SMILES string of the molecule is Oc1ccccc1C(F)(C(F)(F)F)C(F)(F)F. The Balaban J connectivity index is 3.53. The molecular formula is C9H5F7O. The molecule has 0 saturated heterocycles. The average Bonchev–Trinajstić information content (AvgIpc) is 2.13. The molecule has 0 aromatic heterocycles. The minimum atomic E-state index is -6.22. The van der Waals surface area contributed by atoms with Crippen LogP contribution in [-0.2, 0) is 5.67 Å². The lowest BCUT2D eigenvalue weighted by Gasteiger charge is -2.30. The van der Waals surface area contributed by atoms with Gasteiger partial charge in [0.2, 0.25) is 0 Å². The van der Waals surface area contributed by atoms with Gasteiger partial charge in [0.15, 0.2) is 0 Å². The molecule has 0 fully saturated rings. The van der Waals surface area contributed by atoms with Crippen LogP contribution in [-0.4, -0.2) is 17.5 Å². The molecule has 0 amide bonds. The summed E-state index contributed by atoms with van der Waals surface area (Å²) in [5.41, 5.74) is -7.47. The van der Waals surface area contributed by atoms with Crippen molar-refractivity contribution in [3.05, 3.63) is 29.8 Å². The number of para-hydroxylation sites is 1. The molecule has 0 spiro atoms. The van der Waals surface area contributed by atoms with Crippen LogP contribution in [0.1, 0.15) is 5.56 Å². The van der Waals surface area contributed by atoms with E-state index in [1.165, 1.54) is 0 Å². The van der Waals surface area contributed by atoms with Gasteiger partial charge in [-0.05, 0) is 6.07 Å². The van der Waals surface area contributed by atoms with Crippen LogP contribution in [0, 0.1) is 0 Å². The Kier molecular flexibility index (Phi) is 3.02. The Hall–Kier alpha value is -1.47. The summed E-state index contributed by atoms with van der Waals surface area (Å²) >= 11 is 0. The quantitative estimate of drug-likeness (QED) is 0.765. The van der Waals surface area contributed by atoms with E-state index >= 15 is 0 Å². The van der Waals surface area contributed by atoms with Gasteiger partial charge in [0.25, 0.3) is 0 Å². The molecule has 0 aliphatic carbocycles. The summed E-state index contributed by atoms with van der Waals surface area (Å²) in [4.78, 5) is 0. The number of phenolic OH excluding ortho intramolecular Hbond substituents is 1. The lowest BCUT2D eigenvalue weighted by Crippen LogP contribution is -2.50. The lowest BCUT2D eigenvalue weighted by atomic mass is 9.93. The minimum absolute atomic E-state index is 0.232. The standard InChI is InChI=1S/C9H5F7O/c10-7(8(11,12)13,9(14,15)16)5-3-1-2-4-6(5)17/h1-4,17H. The van der Waals surface area contributed by atoms with Crippen LogP contribution >= 0.6 is 0 Å². The van der Waals surface area contributed by atoms with Crippen molar-refractivity contribution in [3.63, 3.8) is 0 Å². The van der Waals surface area contributed by atoms with Crippen LogP contribution in [0.15, 0.2) is 24.3 Å². The summed E-state index contributed by atoms with van der Waals surface area (Å²) in [6.45, 7) is 0. The van der Waals surface area contributed by atoms with E-state index in [4.69, 9.17) is 5.11 Å². The smallest absolute Gasteiger partial charge is 0.436 e. The molecule has 8 heteroatoms. The monoisotopic (exact) mass is 262 g/mol. The molecule has 1 nitrogen and oxygen atoms in total. The highest BCUT2D eigenvalue weighted by Crippen LogP contribution is 2.54. The van der Waals surface area contributed by atoms with Crippen LogP contribution in [0.5, 0.6) is 5.75 Å². The van der Waals surface area contributed by atoms with Crippen molar-refractivity contribution in [1.29, 1.82) is 0 Å². The maximum Gasteiger partial charge on any atom is 0.436 e. The van der Waals surface area contributed by atoms with E-state index in [1.807, 2.05) is 0 Å². The average molecular weight is 262 g/mol. The maximum absolute atomic E-state index is 13.4. The molecule has 17 heavy (non-hydrogen) atoms. The molecule has 1 N–H and O–H groups in total. The zero-order chi connectivity index (χ0) is 13.5. The highest BCUT2D eigenvalue weighted by Gasteiger charge is 2.74. The Morgan fingerprint density at radius 2 is 1.18 bits per heavy atom. The normalized spacial score (nSPS) is 13.8. The summed E-state index contributed by atoms with van der Waals surface area (Å²) in [5, 5.41) is 8.93. The van der Waals surface area contributed by atoms with E-state index in [0.717, 1.165) is 12.1 Å². The lowest BCUT2D eigenvalue weighted by molar-refractivity contribution is -0.349. The van der Waals surface area contributed by atoms with Gasteiger partial charge in [0.05, 0.1) is 0 Å². The third-order valence-electron chi connectivity index (χ3n) is 2.06. The summed E-state index contributed by atoms with van der Waals surface area (Å²) < 4.78 is 86.9. The van der Waals surface area contributed by atoms with Gasteiger partial charge < -0.3 is 5.11 Å². The Morgan fingerprint density at radius 1 is 0.765 bits per heavy atom. The van der Waals surface area contributed by atoms with Gasteiger partial charge in [-0.15, -0.1) is 0 Å². The van der Waals surface area contributed by atoms with Gasteiger partial charge in [-0.25, -0.2) is 4.39 Å². The van der Waals surface area contributed by atoms with Gasteiger partial charge in [0.1, 0.15) is 5.75 Å². The first-order valence-corrected chi connectivity index (χ1v) is 4.12. The number of hydrogen-bond donors (Lipinski definition) is 1. The number of halogens is 7. The number of rotatable bonds is 1. The molecule has 0 unspecified atom stereocenters. The molecule has 1 aromatic carbocycles. The van der Waals surface area contributed by atoms with E-state index in [1.54, 1.807) is 0 Å². The fraction of sp³-hybridized carbons (Fsp3) is 0.333. The minimum Gasteiger partial charge on any atom is -0.508 e. The van der Waals surface area contributed by atoms with Crippen molar-refractivity contribution in [2.45, 2.75) is 18.0 Å². The van der Waals surface area contributed by atoms with Crippen LogP contribution in [0.4, 0.5) is 30.7 Å². The molecule has 0 heterocycles. The summed E-state index contributed by atoms with van der Waals surface area (Å²) in [6, 6.07) is 2.52. The molecular weight excluding hydrogens is 257 g/mol. The molecule has 0 aliphatic heterocycles. The molecule has 0 radical (unpaired) electrons. The third kappa shape index (κ3) is 2.03. The number of phenols is 1. The molecule has 1 rings (SSSR count). The van der Waals surface area contributed by atoms with E-state index in [9.17, 15) is 30.7 Å². The largest absolute Gasteiger partial charge is 0.508 e. The number of benzene rings is 1. The first kappa shape index (κ1) is 13.6. The fourth-order valence-electron chi connectivity index (χ4n) is 1.23. The molecule has 1 aromatic rings. The molecule has 0 aliphatic rings. The second-order valence-electron chi connectivity index (χ2n) is 3.17. The first-order chi connectivity index (χ1) is 7.52. The Bertz CT molecular complexity index is 393. The summed E-state index contributed by atoms with van der Waals surface area (Å²) in [6.07, 6.45) is -12.4.